The zero-order valence-corrected chi connectivity index (χ0v) is 12.4. The first-order valence-corrected chi connectivity index (χ1v) is 7.09. The second kappa shape index (κ2) is 6.93. The Bertz CT molecular complexity index is 566. The molecule has 0 heterocycles. The molecule has 2 aromatic rings. The highest BCUT2D eigenvalue weighted by Gasteiger charge is 2.35. The lowest BCUT2D eigenvalue weighted by atomic mass is 10.0. The van der Waals surface area contributed by atoms with Gasteiger partial charge in [-0.25, -0.2) is 4.79 Å². The average molecular weight is 284 g/mol. The fourth-order valence-corrected chi connectivity index (χ4v) is 1.88. The summed E-state index contributed by atoms with van der Waals surface area (Å²) in [6.45, 7) is 3.92. The number of hydrogen-bond acceptors (Lipinski definition) is 3. The van der Waals surface area contributed by atoms with Crippen LogP contribution >= 0.6 is 0 Å². The first kappa shape index (κ1) is 15.1. The molecule has 110 valence electrons. The van der Waals surface area contributed by atoms with Gasteiger partial charge in [0.05, 0.1) is 0 Å². The van der Waals surface area contributed by atoms with Crippen LogP contribution in [0.1, 0.15) is 25.8 Å². The molecule has 0 spiro atoms. The summed E-state index contributed by atoms with van der Waals surface area (Å²) in [5.41, 5.74) is -0.0140. The lowest BCUT2D eigenvalue weighted by molar-refractivity contribution is -0.162. The van der Waals surface area contributed by atoms with Crippen molar-refractivity contribution in [2.24, 2.45) is 0 Å². The molecule has 21 heavy (non-hydrogen) atoms. The Hall–Kier alpha value is -2.29. The Kier molecular flexibility index (Phi) is 4.99. The van der Waals surface area contributed by atoms with Crippen LogP contribution in [-0.4, -0.2) is 11.6 Å². The molecule has 0 aliphatic rings. The zero-order valence-electron chi connectivity index (χ0n) is 12.4. The fourth-order valence-electron chi connectivity index (χ4n) is 1.88. The first-order chi connectivity index (χ1) is 10.1. The largest absolute Gasteiger partial charge is 0.476 e. The molecular weight excluding hydrogens is 264 g/mol. The van der Waals surface area contributed by atoms with Crippen LogP contribution in [0.5, 0.6) is 5.75 Å². The van der Waals surface area contributed by atoms with Crippen molar-refractivity contribution in [3.63, 3.8) is 0 Å². The van der Waals surface area contributed by atoms with Crippen molar-refractivity contribution >= 4 is 5.97 Å². The normalized spacial score (nSPS) is 13.2. The lowest BCUT2D eigenvalue weighted by Crippen LogP contribution is -2.42. The van der Waals surface area contributed by atoms with Gasteiger partial charge < -0.3 is 9.47 Å². The predicted octanol–water partition coefficient (Wildman–Crippen LogP) is 3.98. The van der Waals surface area contributed by atoms with E-state index in [9.17, 15) is 4.79 Å². The van der Waals surface area contributed by atoms with E-state index < -0.39 is 5.60 Å². The van der Waals surface area contributed by atoms with Gasteiger partial charge in [-0.2, -0.15) is 0 Å². The minimum absolute atomic E-state index is 0.257. The second-order valence-corrected chi connectivity index (χ2v) is 5.06. The number of esters is 1. The number of rotatable bonds is 6. The van der Waals surface area contributed by atoms with Crippen molar-refractivity contribution in [2.75, 3.05) is 0 Å². The Morgan fingerprint density at radius 1 is 1.00 bits per heavy atom. The molecule has 0 aliphatic carbocycles. The van der Waals surface area contributed by atoms with E-state index >= 15 is 0 Å². The number of carbonyl (C=O) groups is 1. The van der Waals surface area contributed by atoms with Crippen molar-refractivity contribution in [1.82, 2.24) is 0 Å². The molecule has 2 aromatic carbocycles. The Balaban J connectivity index is 2.00. The second-order valence-electron chi connectivity index (χ2n) is 5.06. The first-order valence-electron chi connectivity index (χ1n) is 7.09. The molecule has 0 aliphatic heterocycles. The van der Waals surface area contributed by atoms with E-state index in [1.54, 1.807) is 6.92 Å². The number of hydrogen-bond donors (Lipinski definition) is 0. The maximum Gasteiger partial charge on any atom is 0.350 e. The van der Waals surface area contributed by atoms with Crippen LogP contribution in [0.3, 0.4) is 0 Å². The van der Waals surface area contributed by atoms with Crippen LogP contribution < -0.4 is 4.74 Å². The minimum atomic E-state index is -0.976. The van der Waals surface area contributed by atoms with Crippen molar-refractivity contribution in [3.05, 3.63) is 66.2 Å². The monoisotopic (exact) mass is 284 g/mol. The molecular formula is C18H20O3. The van der Waals surface area contributed by atoms with E-state index in [-0.39, 0.29) is 12.6 Å². The predicted molar refractivity (Wildman–Crippen MR) is 82.0 cm³/mol. The summed E-state index contributed by atoms with van der Waals surface area (Å²) in [4.78, 5) is 12.3. The third-order valence-corrected chi connectivity index (χ3v) is 3.41. The number of ether oxygens (including phenoxy) is 2. The molecule has 0 saturated carbocycles. The van der Waals surface area contributed by atoms with Gasteiger partial charge in [0.2, 0.25) is 5.60 Å². The molecule has 0 amide bonds. The summed E-state index contributed by atoms with van der Waals surface area (Å²) >= 11 is 0. The number of carbonyl (C=O) groups excluding carboxylic acids is 1. The van der Waals surface area contributed by atoms with E-state index in [2.05, 4.69) is 0 Å². The molecule has 0 N–H and O–H groups in total. The van der Waals surface area contributed by atoms with Gasteiger partial charge in [0.1, 0.15) is 12.4 Å². The van der Waals surface area contributed by atoms with Gasteiger partial charge in [0.25, 0.3) is 0 Å². The lowest BCUT2D eigenvalue weighted by Gasteiger charge is -2.27. The molecule has 3 nitrogen and oxygen atoms in total. The van der Waals surface area contributed by atoms with Gasteiger partial charge in [0.15, 0.2) is 0 Å². The summed E-state index contributed by atoms with van der Waals surface area (Å²) in [7, 11) is 0. The standard InChI is InChI=1S/C18H20O3/c1-3-18(2,21-16-12-8-5-9-13-16)17(19)20-14-15-10-6-4-7-11-15/h4-13H,3,14H2,1-2H3/t18-/m1/s1. The van der Waals surface area contributed by atoms with Crippen molar-refractivity contribution in [3.8, 4) is 5.75 Å². The maximum atomic E-state index is 12.3. The van der Waals surface area contributed by atoms with Crippen LogP contribution in [0.25, 0.3) is 0 Å². The van der Waals surface area contributed by atoms with Gasteiger partial charge in [-0.15, -0.1) is 0 Å². The van der Waals surface area contributed by atoms with Crippen LogP contribution in [0, 0.1) is 0 Å². The summed E-state index contributed by atoms with van der Waals surface area (Å²) in [5, 5.41) is 0. The fraction of sp³-hybridized carbons (Fsp3) is 0.278. The molecule has 0 aromatic heterocycles. The number of benzene rings is 2. The van der Waals surface area contributed by atoms with Crippen molar-refractivity contribution in [2.45, 2.75) is 32.5 Å². The average Bonchev–Trinajstić information content (AvgIpc) is 2.54. The number of para-hydroxylation sites is 1. The van der Waals surface area contributed by atoms with Crippen molar-refractivity contribution < 1.29 is 14.3 Å². The topological polar surface area (TPSA) is 35.5 Å². The highest BCUT2D eigenvalue weighted by atomic mass is 16.6. The van der Waals surface area contributed by atoms with Gasteiger partial charge in [-0.1, -0.05) is 55.5 Å². The van der Waals surface area contributed by atoms with Crippen LogP contribution in [0.2, 0.25) is 0 Å². The minimum Gasteiger partial charge on any atom is -0.476 e. The molecule has 1 atom stereocenters. The van der Waals surface area contributed by atoms with E-state index in [1.807, 2.05) is 67.6 Å². The molecule has 0 unspecified atom stereocenters. The van der Waals surface area contributed by atoms with E-state index in [4.69, 9.17) is 9.47 Å². The van der Waals surface area contributed by atoms with Gasteiger partial charge in [-0.05, 0) is 31.0 Å². The molecule has 0 fully saturated rings. The Labute approximate surface area is 125 Å². The summed E-state index contributed by atoms with van der Waals surface area (Å²) < 4.78 is 11.2. The molecule has 0 saturated heterocycles. The molecule has 0 radical (unpaired) electrons. The van der Waals surface area contributed by atoms with Crippen LogP contribution in [0.4, 0.5) is 0 Å². The van der Waals surface area contributed by atoms with Crippen LogP contribution in [-0.2, 0) is 16.1 Å². The molecule has 0 bridgehead atoms. The highest BCUT2D eigenvalue weighted by Crippen LogP contribution is 2.22. The smallest absolute Gasteiger partial charge is 0.350 e. The zero-order chi connectivity index (χ0) is 15.1. The Morgan fingerprint density at radius 3 is 2.14 bits per heavy atom. The summed E-state index contributed by atoms with van der Waals surface area (Å²) in [6, 6.07) is 18.9. The van der Waals surface area contributed by atoms with Gasteiger partial charge in [0, 0.05) is 0 Å². The van der Waals surface area contributed by atoms with E-state index in [1.165, 1.54) is 0 Å². The van der Waals surface area contributed by atoms with E-state index in [0.717, 1.165) is 5.56 Å². The van der Waals surface area contributed by atoms with Crippen LogP contribution in [0.15, 0.2) is 60.7 Å². The summed E-state index contributed by atoms with van der Waals surface area (Å²) in [6.07, 6.45) is 0.537. The third-order valence-electron chi connectivity index (χ3n) is 3.41. The summed E-state index contributed by atoms with van der Waals surface area (Å²) in [5.74, 6) is 0.316. The maximum absolute atomic E-state index is 12.3. The van der Waals surface area contributed by atoms with Crippen molar-refractivity contribution in [1.29, 1.82) is 0 Å². The quantitative estimate of drug-likeness (QED) is 0.753. The van der Waals surface area contributed by atoms with Gasteiger partial charge >= 0.3 is 5.97 Å². The highest BCUT2D eigenvalue weighted by molar-refractivity contribution is 5.79. The third kappa shape index (κ3) is 4.09. The molecule has 3 heteroatoms. The Morgan fingerprint density at radius 2 is 1.57 bits per heavy atom. The van der Waals surface area contributed by atoms with E-state index in [0.29, 0.717) is 12.2 Å². The van der Waals surface area contributed by atoms with Gasteiger partial charge in [-0.3, -0.25) is 0 Å². The molecule has 2 rings (SSSR count). The SMILES string of the molecule is CC[C@@](C)(Oc1ccccc1)C(=O)OCc1ccccc1.